The van der Waals surface area contributed by atoms with Crippen LogP contribution in [0.25, 0.3) is 0 Å². The lowest BCUT2D eigenvalue weighted by Crippen LogP contribution is -2.33. The van der Waals surface area contributed by atoms with Gasteiger partial charge >= 0.3 is 0 Å². The minimum Gasteiger partial charge on any atom is -0.351 e. The molecule has 0 aromatic heterocycles. The Balaban J connectivity index is 2.79. The van der Waals surface area contributed by atoms with Gasteiger partial charge in [-0.25, -0.2) is 13.1 Å². The highest BCUT2D eigenvalue weighted by Crippen LogP contribution is 2.27. The molecule has 1 rings (SSSR count). The molecule has 1 aromatic rings. The van der Waals surface area contributed by atoms with E-state index in [1.807, 2.05) is 0 Å². The summed E-state index contributed by atoms with van der Waals surface area (Å²) in [5, 5.41) is 12.7. The molecule has 0 bridgehead atoms. The summed E-state index contributed by atoms with van der Waals surface area (Å²) in [7, 11) is -2.18. The fourth-order valence-corrected chi connectivity index (χ4v) is 2.19. The average Bonchev–Trinajstić information content (AvgIpc) is 2.38. The molecule has 0 spiro atoms. The van der Waals surface area contributed by atoms with Crippen LogP contribution in [-0.2, 0) is 10.0 Å². The molecule has 20 heavy (non-hydrogen) atoms. The Morgan fingerprint density at radius 2 is 2.10 bits per heavy atom. The molecule has 1 amide bonds. The van der Waals surface area contributed by atoms with Crippen LogP contribution in [-0.4, -0.2) is 38.6 Å². The lowest BCUT2D eigenvalue weighted by molar-refractivity contribution is -0.384. The van der Waals surface area contributed by atoms with Crippen LogP contribution in [0.4, 0.5) is 5.69 Å². The van der Waals surface area contributed by atoms with Crippen LogP contribution in [0, 0.1) is 10.1 Å². The summed E-state index contributed by atoms with van der Waals surface area (Å²) in [6.45, 7) is -0.138. The molecular formula is C10H12ClN3O5S. The van der Waals surface area contributed by atoms with E-state index in [1.54, 1.807) is 0 Å². The first kappa shape index (κ1) is 16.3. The summed E-state index contributed by atoms with van der Waals surface area (Å²) in [5.41, 5.74) is -0.468. The van der Waals surface area contributed by atoms with Crippen molar-refractivity contribution >= 4 is 33.2 Å². The first-order chi connectivity index (χ1) is 9.28. The van der Waals surface area contributed by atoms with Gasteiger partial charge in [0.25, 0.3) is 11.6 Å². The minimum absolute atomic E-state index is 0.0808. The van der Waals surface area contributed by atoms with Crippen LogP contribution >= 0.6 is 11.6 Å². The van der Waals surface area contributed by atoms with Crippen LogP contribution in [0.15, 0.2) is 18.2 Å². The maximum absolute atomic E-state index is 11.8. The number of hydrogen-bond donors (Lipinski definition) is 2. The second-order valence-corrected chi connectivity index (χ2v) is 6.10. The van der Waals surface area contributed by atoms with Crippen molar-refractivity contribution in [2.75, 3.05) is 19.3 Å². The summed E-state index contributed by atoms with van der Waals surface area (Å²) in [6.07, 6.45) is 0. The largest absolute Gasteiger partial charge is 0.351 e. The lowest BCUT2D eigenvalue weighted by Gasteiger charge is -2.07. The molecule has 0 saturated carbocycles. The molecule has 0 aliphatic rings. The number of nitrogens with one attached hydrogen (secondary N) is 2. The highest BCUT2D eigenvalue weighted by Gasteiger charge is 2.20. The first-order valence-electron chi connectivity index (χ1n) is 5.41. The van der Waals surface area contributed by atoms with Crippen LogP contribution in [0.5, 0.6) is 0 Å². The number of halogens is 1. The SMILES string of the molecule is CNS(=O)(=O)CCNC(=O)c1cccc([N+](=O)[O-])c1Cl. The number of nitro benzene ring substituents is 1. The van der Waals surface area contributed by atoms with Crippen molar-refractivity contribution in [2.45, 2.75) is 0 Å². The van der Waals surface area contributed by atoms with Gasteiger partial charge in [0.1, 0.15) is 5.02 Å². The van der Waals surface area contributed by atoms with E-state index in [-0.39, 0.29) is 28.6 Å². The summed E-state index contributed by atoms with van der Waals surface area (Å²) >= 11 is 5.76. The smallest absolute Gasteiger partial charge is 0.288 e. The molecule has 2 N–H and O–H groups in total. The Bertz CT molecular complexity index is 632. The molecule has 0 unspecified atom stereocenters. The number of benzene rings is 1. The molecule has 1 aromatic carbocycles. The van der Waals surface area contributed by atoms with Crippen molar-refractivity contribution in [3.8, 4) is 0 Å². The fourth-order valence-electron chi connectivity index (χ4n) is 1.33. The summed E-state index contributed by atoms with van der Waals surface area (Å²) < 4.78 is 24.4. The fraction of sp³-hybridized carbons (Fsp3) is 0.300. The topological polar surface area (TPSA) is 118 Å². The number of carbonyl (C=O) groups is 1. The molecule has 0 saturated heterocycles. The lowest BCUT2D eigenvalue weighted by atomic mass is 10.2. The zero-order chi connectivity index (χ0) is 15.3. The van der Waals surface area contributed by atoms with Gasteiger partial charge in [0.2, 0.25) is 10.0 Å². The number of hydrogen-bond acceptors (Lipinski definition) is 5. The molecule has 10 heteroatoms. The van der Waals surface area contributed by atoms with Gasteiger partial charge in [-0.05, 0) is 13.1 Å². The third-order valence-corrected chi connectivity index (χ3v) is 4.15. The van der Waals surface area contributed by atoms with Gasteiger partial charge in [0, 0.05) is 12.6 Å². The van der Waals surface area contributed by atoms with Crippen molar-refractivity contribution in [3.05, 3.63) is 38.9 Å². The molecule has 110 valence electrons. The third kappa shape index (κ3) is 4.15. The van der Waals surface area contributed by atoms with E-state index in [4.69, 9.17) is 11.6 Å². The Morgan fingerprint density at radius 3 is 2.65 bits per heavy atom. The number of rotatable bonds is 6. The standard InChI is InChI=1S/C10H12ClN3O5S/c1-12-20(18,19)6-5-13-10(15)7-3-2-4-8(9(7)11)14(16)17/h2-4,12H,5-6H2,1H3,(H,13,15). The van der Waals surface area contributed by atoms with Gasteiger partial charge < -0.3 is 5.32 Å². The molecule has 8 nitrogen and oxygen atoms in total. The monoisotopic (exact) mass is 321 g/mol. The highest BCUT2D eigenvalue weighted by molar-refractivity contribution is 7.89. The van der Waals surface area contributed by atoms with E-state index >= 15 is 0 Å². The van der Waals surface area contributed by atoms with Gasteiger partial charge in [-0.2, -0.15) is 0 Å². The Labute approximate surface area is 120 Å². The molecule has 0 radical (unpaired) electrons. The summed E-state index contributed by atoms with van der Waals surface area (Å²) in [4.78, 5) is 21.8. The maximum Gasteiger partial charge on any atom is 0.288 e. The van der Waals surface area contributed by atoms with E-state index < -0.39 is 20.9 Å². The normalized spacial score (nSPS) is 11.1. The Kier molecular flexibility index (Phi) is 5.43. The van der Waals surface area contributed by atoms with Gasteiger partial charge in [0.15, 0.2) is 0 Å². The van der Waals surface area contributed by atoms with Crippen molar-refractivity contribution in [3.63, 3.8) is 0 Å². The zero-order valence-corrected chi connectivity index (χ0v) is 12.0. The third-order valence-electron chi connectivity index (χ3n) is 2.39. The summed E-state index contributed by atoms with van der Waals surface area (Å²) in [5.74, 6) is -0.980. The molecule has 0 fully saturated rings. The molecule has 0 aliphatic carbocycles. The van der Waals surface area contributed by atoms with E-state index in [9.17, 15) is 23.3 Å². The predicted molar refractivity (Wildman–Crippen MR) is 73.3 cm³/mol. The second-order valence-electron chi connectivity index (χ2n) is 3.67. The van der Waals surface area contributed by atoms with E-state index in [1.165, 1.54) is 25.2 Å². The van der Waals surface area contributed by atoms with E-state index in [0.29, 0.717) is 0 Å². The second kappa shape index (κ2) is 6.64. The van der Waals surface area contributed by atoms with Crippen molar-refractivity contribution < 1.29 is 18.1 Å². The number of nitrogens with zero attached hydrogens (tertiary/aromatic N) is 1. The molecule has 0 atom stereocenters. The quantitative estimate of drug-likeness (QED) is 0.585. The van der Waals surface area contributed by atoms with Crippen LogP contribution in [0.1, 0.15) is 10.4 Å². The van der Waals surface area contributed by atoms with Crippen molar-refractivity contribution in [2.24, 2.45) is 0 Å². The van der Waals surface area contributed by atoms with E-state index in [0.717, 1.165) is 0 Å². The summed E-state index contributed by atoms with van der Waals surface area (Å²) in [6, 6.07) is 3.81. The minimum atomic E-state index is -3.44. The van der Waals surface area contributed by atoms with Crippen LogP contribution in [0.2, 0.25) is 5.02 Å². The number of sulfonamides is 1. The van der Waals surface area contributed by atoms with Gasteiger partial charge in [0.05, 0.1) is 16.2 Å². The predicted octanol–water partition coefficient (Wildman–Crippen LogP) is 0.527. The average molecular weight is 322 g/mol. The number of carbonyl (C=O) groups excluding carboxylic acids is 1. The van der Waals surface area contributed by atoms with Gasteiger partial charge in [-0.1, -0.05) is 17.7 Å². The molecule has 0 heterocycles. The first-order valence-corrected chi connectivity index (χ1v) is 7.44. The van der Waals surface area contributed by atoms with Crippen molar-refractivity contribution in [1.82, 2.24) is 10.0 Å². The van der Waals surface area contributed by atoms with E-state index in [2.05, 4.69) is 10.0 Å². The van der Waals surface area contributed by atoms with Crippen LogP contribution in [0.3, 0.4) is 0 Å². The Morgan fingerprint density at radius 1 is 1.45 bits per heavy atom. The molecule has 0 aliphatic heterocycles. The van der Waals surface area contributed by atoms with Gasteiger partial charge in [-0.15, -0.1) is 0 Å². The number of nitro groups is 1. The zero-order valence-electron chi connectivity index (χ0n) is 10.4. The maximum atomic E-state index is 11.8. The highest BCUT2D eigenvalue weighted by atomic mass is 35.5. The molecular weight excluding hydrogens is 310 g/mol. The van der Waals surface area contributed by atoms with Crippen LogP contribution < -0.4 is 10.0 Å². The Hall–Kier alpha value is -1.71. The number of amides is 1. The van der Waals surface area contributed by atoms with Crippen molar-refractivity contribution in [1.29, 1.82) is 0 Å². The van der Waals surface area contributed by atoms with Gasteiger partial charge in [-0.3, -0.25) is 14.9 Å².